The third-order valence-electron chi connectivity index (χ3n) is 5.39. The quantitative estimate of drug-likeness (QED) is 0.285. The molecular weight excluding hydrogens is 463 g/mol. The third kappa shape index (κ3) is 4.19. The summed E-state index contributed by atoms with van der Waals surface area (Å²) in [6, 6.07) is 12.3. The lowest BCUT2D eigenvalue weighted by Gasteiger charge is -2.26. The number of carbonyl (C=O) groups excluding carboxylic acids is 2. The van der Waals surface area contributed by atoms with E-state index in [2.05, 4.69) is 4.98 Å². The average molecular weight is 483 g/mol. The van der Waals surface area contributed by atoms with Gasteiger partial charge in [0.15, 0.2) is 0 Å². The Morgan fingerprint density at radius 2 is 1.82 bits per heavy atom. The van der Waals surface area contributed by atoms with Crippen LogP contribution in [0.15, 0.2) is 66.5 Å². The minimum Gasteiger partial charge on any atom is -0.507 e. The van der Waals surface area contributed by atoms with E-state index in [1.807, 2.05) is 6.92 Å². The molecule has 0 radical (unpaired) electrons. The van der Waals surface area contributed by atoms with Crippen molar-refractivity contribution in [3.8, 4) is 5.75 Å². The predicted molar refractivity (Wildman–Crippen MR) is 128 cm³/mol. The van der Waals surface area contributed by atoms with E-state index < -0.39 is 17.7 Å². The van der Waals surface area contributed by atoms with Crippen LogP contribution in [0.4, 0.5) is 5.69 Å². The number of aryl methyl sites for hydroxylation is 1. The molecular formula is C25H20Cl2N2O4. The van der Waals surface area contributed by atoms with Crippen LogP contribution in [0, 0.1) is 6.92 Å². The molecule has 0 saturated carbocycles. The van der Waals surface area contributed by atoms with Gasteiger partial charge in [-0.15, -0.1) is 0 Å². The Bertz CT molecular complexity index is 1270. The van der Waals surface area contributed by atoms with E-state index in [4.69, 9.17) is 27.9 Å². The van der Waals surface area contributed by atoms with E-state index in [1.165, 1.54) is 4.90 Å². The Hall–Kier alpha value is -3.35. The summed E-state index contributed by atoms with van der Waals surface area (Å²) >= 11 is 12.3. The fourth-order valence-electron chi connectivity index (χ4n) is 3.90. The van der Waals surface area contributed by atoms with Crippen LogP contribution < -0.4 is 9.64 Å². The lowest BCUT2D eigenvalue weighted by molar-refractivity contribution is -0.132. The number of Topliss-reactive ketones (excluding diaryl/α,β-unsaturated/α-hetero) is 1. The SMILES string of the molecule is CCOc1cc(/C(O)=C2\C(=O)C(=O)N(c3ccc(Cl)cc3C)C2c2ccncc2)ccc1Cl. The fraction of sp³-hybridized carbons (Fsp3) is 0.160. The monoisotopic (exact) mass is 482 g/mol. The summed E-state index contributed by atoms with van der Waals surface area (Å²) in [4.78, 5) is 31.9. The van der Waals surface area contributed by atoms with E-state index in [0.29, 0.717) is 44.8 Å². The zero-order chi connectivity index (χ0) is 23.7. The number of hydrogen-bond donors (Lipinski definition) is 1. The summed E-state index contributed by atoms with van der Waals surface area (Å²) < 4.78 is 5.52. The Labute approximate surface area is 201 Å². The molecule has 4 rings (SSSR count). The molecule has 1 atom stereocenters. The standard InChI is InChI=1S/C25H20Cl2N2O4/c1-3-33-20-13-16(4-6-18(20)27)23(30)21-22(15-8-10-28-11-9-15)29(25(32)24(21)31)19-7-5-17(26)12-14(19)2/h4-13,22,30H,3H2,1-2H3/b23-21+. The van der Waals surface area contributed by atoms with Crippen molar-refractivity contribution in [2.45, 2.75) is 19.9 Å². The Kier molecular flexibility index (Phi) is 6.40. The molecule has 2 heterocycles. The fourth-order valence-corrected chi connectivity index (χ4v) is 4.30. The molecule has 6 nitrogen and oxygen atoms in total. The maximum atomic E-state index is 13.2. The second kappa shape index (κ2) is 9.25. The van der Waals surface area contributed by atoms with Crippen molar-refractivity contribution in [1.82, 2.24) is 4.98 Å². The number of carbonyl (C=O) groups is 2. The van der Waals surface area contributed by atoms with Crippen LogP contribution in [-0.4, -0.2) is 28.4 Å². The topological polar surface area (TPSA) is 79.7 Å². The molecule has 0 bridgehead atoms. The molecule has 1 fully saturated rings. The second-order valence-electron chi connectivity index (χ2n) is 7.46. The highest BCUT2D eigenvalue weighted by atomic mass is 35.5. The van der Waals surface area contributed by atoms with Crippen molar-refractivity contribution in [1.29, 1.82) is 0 Å². The molecule has 1 aromatic heterocycles. The van der Waals surface area contributed by atoms with E-state index in [9.17, 15) is 14.7 Å². The van der Waals surface area contributed by atoms with E-state index in [0.717, 1.165) is 0 Å². The van der Waals surface area contributed by atoms with Gasteiger partial charge in [0.05, 0.1) is 23.2 Å². The van der Waals surface area contributed by atoms with Gasteiger partial charge < -0.3 is 9.84 Å². The maximum absolute atomic E-state index is 13.2. The first kappa shape index (κ1) is 22.8. The predicted octanol–water partition coefficient (Wildman–Crippen LogP) is 5.72. The third-order valence-corrected chi connectivity index (χ3v) is 5.94. The molecule has 1 aliphatic heterocycles. The highest BCUT2D eigenvalue weighted by Gasteiger charge is 2.47. The summed E-state index contributed by atoms with van der Waals surface area (Å²) in [7, 11) is 0. The normalized spacial score (nSPS) is 17.5. The van der Waals surface area contributed by atoms with Crippen LogP contribution >= 0.6 is 23.2 Å². The molecule has 0 aliphatic carbocycles. The van der Waals surface area contributed by atoms with Crippen molar-refractivity contribution in [3.05, 3.63) is 93.2 Å². The smallest absolute Gasteiger partial charge is 0.300 e. The van der Waals surface area contributed by atoms with Crippen LogP contribution in [0.2, 0.25) is 10.0 Å². The van der Waals surface area contributed by atoms with E-state index >= 15 is 0 Å². The first-order valence-electron chi connectivity index (χ1n) is 10.2. The summed E-state index contributed by atoms with van der Waals surface area (Å²) in [5, 5.41) is 12.1. The highest BCUT2D eigenvalue weighted by molar-refractivity contribution is 6.52. The number of aliphatic hydroxyl groups excluding tert-OH is 1. The summed E-state index contributed by atoms with van der Waals surface area (Å²) in [6.07, 6.45) is 3.14. The molecule has 1 saturated heterocycles. The zero-order valence-electron chi connectivity index (χ0n) is 17.9. The molecule has 168 valence electrons. The number of aromatic nitrogens is 1. The molecule has 1 N–H and O–H groups in total. The van der Waals surface area contributed by atoms with Crippen molar-refractivity contribution in [2.75, 3.05) is 11.5 Å². The Morgan fingerprint density at radius 1 is 1.09 bits per heavy atom. The van der Waals surface area contributed by atoms with Crippen molar-refractivity contribution in [2.24, 2.45) is 0 Å². The summed E-state index contributed by atoms with van der Waals surface area (Å²) in [6.45, 7) is 3.99. The van der Waals surface area contributed by atoms with E-state index in [-0.39, 0.29) is 11.3 Å². The van der Waals surface area contributed by atoms with Gasteiger partial charge >= 0.3 is 0 Å². The molecule has 8 heteroatoms. The number of amides is 1. The Morgan fingerprint density at radius 3 is 2.48 bits per heavy atom. The molecule has 1 aliphatic rings. The molecule has 2 aromatic carbocycles. The van der Waals surface area contributed by atoms with Crippen LogP contribution in [0.25, 0.3) is 5.76 Å². The highest BCUT2D eigenvalue weighted by Crippen LogP contribution is 2.43. The number of ketones is 1. The molecule has 3 aromatic rings. The van der Waals surface area contributed by atoms with Crippen molar-refractivity contribution < 1.29 is 19.4 Å². The number of rotatable bonds is 5. The number of hydrogen-bond acceptors (Lipinski definition) is 5. The number of halogens is 2. The lowest BCUT2D eigenvalue weighted by atomic mass is 9.95. The maximum Gasteiger partial charge on any atom is 0.300 e. The first-order chi connectivity index (χ1) is 15.8. The zero-order valence-corrected chi connectivity index (χ0v) is 19.4. The van der Waals surface area contributed by atoms with Gasteiger partial charge in [-0.2, -0.15) is 0 Å². The van der Waals surface area contributed by atoms with Gasteiger partial charge in [-0.05, 0) is 73.5 Å². The van der Waals surface area contributed by atoms with Crippen LogP contribution in [0.5, 0.6) is 5.75 Å². The van der Waals surface area contributed by atoms with Gasteiger partial charge in [-0.1, -0.05) is 23.2 Å². The summed E-state index contributed by atoms with van der Waals surface area (Å²) in [5.41, 5.74) is 2.14. The molecule has 1 amide bonds. The number of ether oxygens (including phenoxy) is 1. The molecule has 33 heavy (non-hydrogen) atoms. The lowest BCUT2D eigenvalue weighted by Crippen LogP contribution is -2.30. The first-order valence-corrected chi connectivity index (χ1v) is 11.0. The number of nitrogens with zero attached hydrogens (tertiary/aromatic N) is 2. The summed E-state index contributed by atoms with van der Waals surface area (Å²) in [5.74, 6) is -1.49. The van der Waals surface area contributed by atoms with Crippen LogP contribution in [-0.2, 0) is 9.59 Å². The molecule has 0 spiro atoms. The van der Waals surface area contributed by atoms with Gasteiger partial charge in [0.2, 0.25) is 0 Å². The second-order valence-corrected chi connectivity index (χ2v) is 8.30. The van der Waals surface area contributed by atoms with Gasteiger partial charge in [-0.25, -0.2) is 0 Å². The van der Waals surface area contributed by atoms with Gasteiger partial charge in [-0.3, -0.25) is 19.5 Å². The Balaban J connectivity index is 1.94. The van der Waals surface area contributed by atoms with Crippen molar-refractivity contribution in [3.63, 3.8) is 0 Å². The number of benzene rings is 2. The minimum absolute atomic E-state index is 0.0367. The minimum atomic E-state index is -0.862. The van der Waals surface area contributed by atoms with Gasteiger partial charge in [0.25, 0.3) is 11.7 Å². The van der Waals surface area contributed by atoms with Gasteiger partial charge in [0, 0.05) is 28.7 Å². The van der Waals surface area contributed by atoms with E-state index in [1.54, 1.807) is 67.8 Å². The average Bonchev–Trinajstić information content (AvgIpc) is 3.06. The van der Waals surface area contributed by atoms with Gasteiger partial charge in [0.1, 0.15) is 11.5 Å². The number of anilines is 1. The van der Waals surface area contributed by atoms with Crippen molar-refractivity contribution >= 4 is 46.3 Å². The molecule has 1 unspecified atom stereocenters. The van der Waals surface area contributed by atoms with Crippen LogP contribution in [0.1, 0.15) is 29.7 Å². The number of aliphatic hydroxyl groups is 1. The van der Waals surface area contributed by atoms with Crippen LogP contribution in [0.3, 0.4) is 0 Å². The largest absolute Gasteiger partial charge is 0.507 e. The number of pyridine rings is 1.